The number of nitrogens with zero attached hydrogens (tertiary/aromatic N) is 4. The normalized spacial score (nSPS) is 18.5. The molecule has 0 bridgehead atoms. The second kappa shape index (κ2) is 15.7. The van der Waals surface area contributed by atoms with Crippen molar-refractivity contribution in [2.75, 3.05) is 27.3 Å². The Hall–Kier alpha value is -5.85. The van der Waals surface area contributed by atoms with Gasteiger partial charge in [0.1, 0.15) is 23.7 Å². The van der Waals surface area contributed by atoms with Crippen LogP contribution in [0.4, 0.5) is 0 Å². The molecule has 13 heteroatoms. The molecule has 2 fully saturated rings. The highest BCUT2D eigenvalue weighted by atomic mass is 16.5. The van der Waals surface area contributed by atoms with Crippen molar-refractivity contribution in [2.45, 2.75) is 77.5 Å². The zero-order valence-electron chi connectivity index (χ0n) is 33.1. The number of ether oxygens (including phenoxy) is 2. The monoisotopic (exact) mass is 760 g/mol. The van der Waals surface area contributed by atoms with Crippen molar-refractivity contribution in [2.24, 2.45) is 11.8 Å². The van der Waals surface area contributed by atoms with Crippen molar-refractivity contribution >= 4 is 17.6 Å². The van der Waals surface area contributed by atoms with Crippen molar-refractivity contribution < 1.29 is 23.9 Å². The fraction of sp³-hybridized carbons (Fsp3) is 0.419. The van der Waals surface area contributed by atoms with E-state index in [0.717, 1.165) is 71.0 Å². The third-order valence-electron chi connectivity index (χ3n) is 11.3. The minimum absolute atomic E-state index is 0.0150. The van der Waals surface area contributed by atoms with E-state index in [1.54, 1.807) is 12.4 Å². The first kappa shape index (κ1) is 38.4. The second-order valence-corrected chi connectivity index (χ2v) is 15.6. The van der Waals surface area contributed by atoms with E-state index in [-0.39, 0.29) is 41.5 Å². The van der Waals surface area contributed by atoms with Gasteiger partial charge >= 0.3 is 0 Å². The molecule has 1 aliphatic carbocycles. The van der Waals surface area contributed by atoms with Gasteiger partial charge in [0.05, 0.1) is 50.1 Å². The molecule has 2 aromatic heterocycles. The van der Waals surface area contributed by atoms with Gasteiger partial charge in [0.15, 0.2) is 17.5 Å². The number of amides is 2. The molecule has 3 aliphatic rings. The number of hydrogen-bond donors (Lipinski definition) is 4. The van der Waals surface area contributed by atoms with Crippen molar-refractivity contribution in [3.8, 4) is 33.6 Å². The Bertz CT molecular complexity index is 2020. The third-order valence-corrected chi connectivity index (χ3v) is 11.3. The Kier molecular flexibility index (Phi) is 10.8. The average Bonchev–Trinajstić information content (AvgIpc) is 4.05. The van der Waals surface area contributed by atoms with Crippen LogP contribution in [-0.4, -0.2) is 86.7 Å². The molecule has 4 N–H and O–H groups in total. The average molecular weight is 761 g/mol. The predicted octanol–water partition coefficient (Wildman–Crippen LogP) is 6.47. The zero-order chi connectivity index (χ0) is 39.8. The SMILES string of the molecule is C=C(NC(C(=O)N1CCC[C@H]1c1ncc(-c2ccc3c(c2)C(=O)c2cc(-c4cnc([C@@H]5CCCN5C(=O)[C@@H](NC(=C)OC)C(C)C)[nH]4)ccc2-3)[nH]1)C(C)C)OC. The molecule has 294 valence electrons. The summed E-state index contributed by atoms with van der Waals surface area (Å²) in [4.78, 5) is 61.6. The highest BCUT2D eigenvalue weighted by Gasteiger charge is 2.39. The van der Waals surface area contributed by atoms with Crippen LogP contribution in [0.1, 0.15) is 93.0 Å². The quantitative estimate of drug-likeness (QED) is 0.0932. The molecule has 2 aromatic carbocycles. The van der Waals surface area contributed by atoms with Crippen molar-refractivity contribution in [1.29, 1.82) is 0 Å². The van der Waals surface area contributed by atoms with Crippen LogP contribution in [0.2, 0.25) is 0 Å². The number of aromatic nitrogens is 4. The Labute approximate surface area is 328 Å². The molecule has 4 heterocycles. The van der Waals surface area contributed by atoms with Crippen LogP contribution >= 0.6 is 0 Å². The minimum Gasteiger partial charge on any atom is -0.483 e. The second-order valence-electron chi connectivity index (χ2n) is 15.6. The smallest absolute Gasteiger partial charge is 0.246 e. The summed E-state index contributed by atoms with van der Waals surface area (Å²) in [7, 11) is 3.06. The van der Waals surface area contributed by atoms with Gasteiger partial charge < -0.3 is 39.9 Å². The first-order valence-corrected chi connectivity index (χ1v) is 19.4. The number of likely N-dealkylation sites (tertiary alicyclic amines) is 2. The largest absolute Gasteiger partial charge is 0.483 e. The maximum absolute atomic E-state index is 14.0. The molecule has 2 aliphatic heterocycles. The molecule has 2 amide bonds. The molecule has 13 nitrogen and oxygen atoms in total. The number of rotatable bonds is 14. The van der Waals surface area contributed by atoms with Crippen molar-refractivity contribution in [3.05, 3.63) is 96.5 Å². The van der Waals surface area contributed by atoms with Crippen molar-refractivity contribution in [3.63, 3.8) is 0 Å². The van der Waals surface area contributed by atoms with Crippen LogP contribution in [0.5, 0.6) is 0 Å². The van der Waals surface area contributed by atoms with Gasteiger partial charge in [-0.2, -0.15) is 0 Å². The highest BCUT2D eigenvalue weighted by molar-refractivity contribution is 6.22. The molecule has 0 radical (unpaired) electrons. The zero-order valence-corrected chi connectivity index (χ0v) is 33.1. The Morgan fingerprint density at radius 2 is 1.12 bits per heavy atom. The van der Waals surface area contributed by atoms with Crippen LogP contribution in [0, 0.1) is 11.8 Å². The van der Waals surface area contributed by atoms with Gasteiger partial charge in [0, 0.05) is 35.3 Å². The molecule has 4 aromatic rings. The summed E-state index contributed by atoms with van der Waals surface area (Å²) in [5.41, 5.74) is 6.26. The molecular formula is C43H52N8O5. The standard InChI is InChI=1S/C43H52N8O5/c1-23(2)37(46-25(5)55-7)42(53)50-17-9-11-35(50)40-44-21-33(48-40)27-13-15-29-30-16-14-28(20-32(30)39(52)31(29)19-27)34-22-45-41(49-34)36-12-10-18-51(36)43(54)38(24(3)4)47-26(6)56-8/h13-16,19-24,35-38,46-47H,5-6,9-12,17-18H2,1-4,7-8H3,(H,44,48)(H,45,49)/t35-,36-,37-,38?/m0/s1. The van der Waals surface area contributed by atoms with E-state index >= 15 is 0 Å². The highest BCUT2D eigenvalue weighted by Crippen LogP contribution is 2.41. The van der Waals surface area contributed by atoms with E-state index in [1.807, 2.05) is 73.9 Å². The minimum atomic E-state index is -0.473. The van der Waals surface area contributed by atoms with Gasteiger partial charge in [0.2, 0.25) is 11.8 Å². The van der Waals surface area contributed by atoms with Crippen LogP contribution in [0.15, 0.2) is 73.7 Å². The van der Waals surface area contributed by atoms with Gasteiger partial charge in [-0.05, 0) is 73.9 Å². The predicted molar refractivity (Wildman–Crippen MR) is 214 cm³/mol. The maximum atomic E-state index is 14.0. The molecular weight excluding hydrogens is 709 g/mol. The number of fused-ring (bicyclic) bond motifs is 3. The molecule has 2 saturated heterocycles. The van der Waals surface area contributed by atoms with E-state index in [1.165, 1.54) is 14.2 Å². The van der Waals surface area contributed by atoms with E-state index in [2.05, 4.69) is 33.8 Å². The fourth-order valence-electron chi connectivity index (χ4n) is 8.20. The number of nitrogens with one attached hydrogen (secondary N) is 4. The summed E-state index contributed by atoms with van der Waals surface area (Å²) < 4.78 is 10.4. The lowest BCUT2D eigenvalue weighted by Gasteiger charge is -2.31. The third kappa shape index (κ3) is 7.17. The van der Waals surface area contributed by atoms with Crippen molar-refractivity contribution in [1.82, 2.24) is 40.4 Å². The first-order chi connectivity index (χ1) is 26.9. The van der Waals surface area contributed by atoms with Crippen LogP contribution in [-0.2, 0) is 19.1 Å². The number of benzene rings is 2. The first-order valence-electron chi connectivity index (χ1n) is 19.4. The van der Waals surface area contributed by atoms with Gasteiger partial charge in [-0.25, -0.2) is 9.97 Å². The number of aromatic amines is 2. The lowest BCUT2D eigenvalue weighted by Crippen LogP contribution is -2.48. The van der Waals surface area contributed by atoms with Gasteiger partial charge in [-0.15, -0.1) is 0 Å². The van der Waals surface area contributed by atoms with E-state index in [9.17, 15) is 14.4 Å². The summed E-state index contributed by atoms with van der Waals surface area (Å²) >= 11 is 0. The molecule has 56 heavy (non-hydrogen) atoms. The number of methoxy groups -OCH3 is 2. The molecule has 1 unspecified atom stereocenters. The van der Waals surface area contributed by atoms with E-state index in [4.69, 9.17) is 19.4 Å². The maximum Gasteiger partial charge on any atom is 0.246 e. The number of hydrogen-bond acceptors (Lipinski definition) is 9. The van der Waals surface area contributed by atoms with Crippen LogP contribution < -0.4 is 10.6 Å². The molecule has 0 spiro atoms. The van der Waals surface area contributed by atoms with Gasteiger partial charge in [-0.1, -0.05) is 52.0 Å². The summed E-state index contributed by atoms with van der Waals surface area (Å²) in [5, 5.41) is 6.26. The molecule has 4 atom stereocenters. The summed E-state index contributed by atoms with van der Waals surface area (Å²) in [6.07, 6.45) is 6.89. The van der Waals surface area contributed by atoms with E-state index in [0.29, 0.717) is 36.0 Å². The number of carbonyl (C=O) groups is 3. The Morgan fingerprint density at radius 3 is 1.50 bits per heavy atom. The number of imidazole rings is 2. The molecule has 0 saturated carbocycles. The lowest BCUT2D eigenvalue weighted by molar-refractivity contribution is -0.136. The fourth-order valence-corrected chi connectivity index (χ4v) is 8.20. The Morgan fingerprint density at radius 1 is 0.714 bits per heavy atom. The van der Waals surface area contributed by atoms with E-state index < -0.39 is 12.1 Å². The number of carbonyl (C=O) groups excluding carboxylic acids is 3. The lowest BCUT2D eigenvalue weighted by atomic mass is 10.0. The molecule has 7 rings (SSSR count). The van der Waals surface area contributed by atoms with Gasteiger partial charge in [0.25, 0.3) is 0 Å². The summed E-state index contributed by atoms with van der Waals surface area (Å²) in [6.45, 7) is 17.0. The summed E-state index contributed by atoms with van der Waals surface area (Å²) in [5.74, 6) is 2.12. The van der Waals surface area contributed by atoms with Gasteiger partial charge in [-0.3, -0.25) is 14.4 Å². The number of ketones is 1. The Balaban J connectivity index is 1.07. The summed E-state index contributed by atoms with van der Waals surface area (Å²) in [6, 6.07) is 10.5. The van der Waals surface area contributed by atoms with Crippen LogP contribution in [0.25, 0.3) is 33.6 Å². The van der Waals surface area contributed by atoms with Crippen LogP contribution in [0.3, 0.4) is 0 Å². The number of H-pyrrole nitrogens is 2. The topological polar surface area (TPSA) is 158 Å².